The Labute approximate surface area is 263 Å². The number of nitrogens with one attached hydrogen (secondary N) is 3. The fourth-order valence-electron chi connectivity index (χ4n) is 6.79. The van der Waals surface area contributed by atoms with E-state index in [4.69, 9.17) is 4.74 Å². The van der Waals surface area contributed by atoms with Crippen LogP contribution in [-0.4, -0.2) is 75.8 Å². The van der Waals surface area contributed by atoms with Gasteiger partial charge in [0.25, 0.3) is 17.7 Å². The lowest BCUT2D eigenvalue weighted by atomic mass is 9.82. The van der Waals surface area contributed by atoms with Gasteiger partial charge >= 0.3 is 0 Å². The van der Waals surface area contributed by atoms with Crippen LogP contribution in [0.25, 0.3) is 10.9 Å². The highest BCUT2D eigenvalue weighted by Crippen LogP contribution is 2.66. The number of likely N-dealkylation sites (tertiary alicyclic amines) is 1. The van der Waals surface area contributed by atoms with Gasteiger partial charge in [0.15, 0.2) is 0 Å². The third-order valence-electron chi connectivity index (χ3n) is 9.50. The molecule has 2 aliphatic carbocycles. The van der Waals surface area contributed by atoms with Crippen molar-refractivity contribution in [1.29, 1.82) is 0 Å². The van der Waals surface area contributed by atoms with Crippen LogP contribution in [0.4, 0.5) is 8.78 Å². The van der Waals surface area contributed by atoms with Crippen LogP contribution in [0.5, 0.6) is 5.75 Å². The standard InChI is InChI=1S/C33H35F2N5O6/c1-46-27-11-6-9-22-21(27)14-24(38-22)31(45)40-18-32(17-33(32,34)35)15-25(40)29(43)39-23(13-19-7-2-3-10-26(19)41)28(42)30(44)37-16-20-8-4-5-12-36-20/h4-6,8-9,11-12,14,19,23,25,38H,2-3,7,10,13,15-18H2,1H3,(H,37,44)(H,39,43)/t19?,23-,25-,32-/m0/s1. The van der Waals surface area contributed by atoms with Crippen LogP contribution in [0.2, 0.25) is 0 Å². The Morgan fingerprint density at radius 1 is 1.15 bits per heavy atom. The Balaban J connectivity index is 1.24. The largest absolute Gasteiger partial charge is 0.496 e. The molecular weight excluding hydrogens is 600 g/mol. The number of hydrogen-bond acceptors (Lipinski definition) is 7. The fourth-order valence-corrected chi connectivity index (χ4v) is 6.79. The minimum absolute atomic E-state index is 0.0355. The minimum Gasteiger partial charge on any atom is -0.496 e. The molecular formula is C33H35F2N5O6. The lowest BCUT2D eigenvalue weighted by Crippen LogP contribution is -2.54. The molecule has 1 aromatic carbocycles. The number of alkyl halides is 2. The highest BCUT2D eigenvalue weighted by molar-refractivity contribution is 6.38. The van der Waals surface area contributed by atoms with Gasteiger partial charge in [0.2, 0.25) is 11.7 Å². The van der Waals surface area contributed by atoms with E-state index in [0.717, 1.165) is 17.7 Å². The summed E-state index contributed by atoms with van der Waals surface area (Å²) >= 11 is 0. The van der Waals surface area contributed by atoms with E-state index in [1.165, 1.54) is 13.3 Å². The van der Waals surface area contributed by atoms with Gasteiger partial charge in [-0.05, 0) is 56.0 Å². The number of benzene rings is 1. The Hall–Kier alpha value is -4.68. The number of fused-ring (bicyclic) bond motifs is 1. The number of aromatic amines is 1. The Morgan fingerprint density at radius 3 is 2.65 bits per heavy atom. The van der Waals surface area contributed by atoms with Gasteiger partial charge in [-0.2, -0.15) is 0 Å². The predicted octanol–water partition coefficient (Wildman–Crippen LogP) is 3.33. The average Bonchev–Trinajstić information content (AvgIpc) is 3.38. The number of amides is 3. The molecule has 2 saturated carbocycles. The number of pyridine rings is 1. The van der Waals surface area contributed by atoms with Crippen LogP contribution in [0.1, 0.15) is 61.1 Å². The number of nitrogens with zero attached hydrogens (tertiary/aromatic N) is 2. The van der Waals surface area contributed by atoms with Crippen molar-refractivity contribution >= 4 is 40.2 Å². The van der Waals surface area contributed by atoms with Crippen LogP contribution < -0.4 is 15.4 Å². The first-order chi connectivity index (χ1) is 22.0. The number of methoxy groups -OCH3 is 1. The molecule has 3 aliphatic rings. The number of rotatable bonds is 10. The lowest BCUT2D eigenvalue weighted by molar-refractivity contribution is -0.141. The van der Waals surface area contributed by atoms with E-state index in [9.17, 15) is 32.8 Å². The topological polar surface area (TPSA) is 151 Å². The molecule has 1 aliphatic heterocycles. The number of H-pyrrole nitrogens is 1. The molecule has 3 amide bonds. The van der Waals surface area contributed by atoms with Crippen LogP contribution in [-0.2, 0) is 25.7 Å². The lowest BCUT2D eigenvalue weighted by Gasteiger charge is -2.28. The zero-order valence-corrected chi connectivity index (χ0v) is 25.3. The van der Waals surface area contributed by atoms with Gasteiger partial charge in [0.1, 0.15) is 23.3 Å². The summed E-state index contributed by atoms with van der Waals surface area (Å²) in [4.78, 5) is 75.0. The van der Waals surface area contributed by atoms with E-state index < -0.39 is 59.3 Å². The molecule has 11 nitrogen and oxygen atoms in total. The molecule has 2 aromatic heterocycles. The maximum atomic E-state index is 14.7. The summed E-state index contributed by atoms with van der Waals surface area (Å²) in [5.74, 6) is -6.59. The number of ketones is 2. The maximum absolute atomic E-state index is 14.7. The highest BCUT2D eigenvalue weighted by Gasteiger charge is 2.75. The zero-order chi connectivity index (χ0) is 32.6. The predicted molar refractivity (Wildman–Crippen MR) is 161 cm³/mol. The summed E-state index contributed by atoms with van der Waals surface area (Å²) in [5, 5.41) is 5.71. The molecule has 1 saturated heterocycles. The average molecular weight is 636 g/mol. The second-order valence-electron chi connectivity index (χ2n) is 12.5. The molecule has 0 radical (unpaired) electrons. The second kappa shape index (κ2) is 12.3. The van der Waals surface area contributed by atoms with Gasteiger partial charge in [-0.15, -0.1) is 0 Å². The first kappa shape index (κ1) is 31.3. The first-order valence-corrected chi connectivity index (χ1v) is 15.4. The number of carbonyl (C=O) groups excluding carboxylic acids is 5. The van der Waals surface area contributed by atoms with Gasteiger partial charge in [0.05, 0.1) is 30.8 Å². The SMILES string of the molecule is COc1cccc2[nH]c(C(=O)N3C[C@]4(C[C@H]3C(=O)N[C@@H](CC3CCCCC3=O)C(=O)C(=O)NCc3ccccn3)CC4(F)F)cc12. The molecule has 4 atom stereocenters. The van der Waals surface area contributed by atoms with Crippen molar-refractivity contribution in [3.63, 3.8) is 0 Å². The van der Waals surface area contributed by atoms with E-state index in [-0.39, 0.29) is 37.4 Å². The molecule has 3 N–H and O–H groups in total. The van der Waals surface area contributed by atoms with E-state index in [2.05, 4.69) is 20.6 Å². The third-order valence-corrected chi connectivity index (χ3v) is 9.50. The van der Waals surface area contributed by atoms with Crippen molar-refractivity contribution in [3.05, 3.63) is 60.0 Å². The molecule has 46 heavy (non-hydrogen) atoms. The normalized spacial score (nSPS) is 24.1. The van der Waals surface area contributed by atoms with E-state index in [1.807, 2.05) is 0 Å². The number of halogens is 2. The summed E-state index contributed by atoms with van der Waals surface area (Å²) < 4.78 is 34.7. The second-order valence-corrected chi connectivity index (χ2v) is 12.5. The van der Waals surface area contributed by atoms with Gasteiger partial charge in [-0.25, -0.2) is 8.78 Å². The van der Waals surface area contributed by atoms with E-state index in [1.54, 1.807) is 42.5 Å². The summed E-state index contributed by atoms with van der Waals surface area (Å²) in [7, 11) is 1.49. The molecule has 3 aromatic rings. The first-order valence-electron chi connectivity index (χ1n) is 15.4. The summed E-state index contributed by atoms with van der Waals surface area (Å²) in [6.07, 6.45) is 2.97. The molecule has 1 spiro atoms. The van der Waals surface area contributed by atoms with Crippen molar-refractivity contribution in [2.75, 3.05) is 13.7 Å². The number of Topliss-reactive ketones (excluding diaryl/α,β-unsaturated/α-hetero) is 2. The summed E-state index contributed by atoms with van der Waals surface area (Å²) in [6.45, 7) is -0.389. The molecule has 242 valence electrons. The third kappa shape index (κ3) is 5.97. The number of aromatic nitrogens is 2. The fraction of sp³-hybridized carbons (Fsp3) is 0.455. The highest BCUT2D eigenvalue weighted by atomic mass is 19.3. The number of hydrogen-bond donors (Lipinski definition) is 3. The number of ether oxygens (including phenoxy) is 1. The summed E-state index contributed by atoms with van der Waals surface area (Å²) in [6, 6.07) is 9.12. The van der Waals surface area contributed by atoms with Gasteiger partial charge in [0, 0.05) is 42.4 Å². The van der Waals surface area contributed by atoms with Gasteiger partial charge in [-0.3, -0.25) is 29.0 Å². The molecule has 3 fully saturated rings. The molecule has 6 rings (SSSR count). The van der Waals surface area contributed by atoms with Crippen LogP contribution >= 0.6 is 0 Å². The maximum Gasteiger partial charge on any atom is 0.289 e. The van der Waals surface area contributed by atoms with Crippen molar-refractivity contribution in [3.8, 4) is 5.75 Å². The Kier molecular flexibility index (Phi) is 8.34. The molecule has 13 heteroatoms. The monoisotopic (exact) mass is 635 g/mol. The molecule has 3 heterocycles. The van der Waals surface area contributed by atoms with Gasteiger partial charge in [-0.1, -0.05) is 18.6 Å². The van der Waals surface area contributed by atoms with E-state index >= 15 is 0 Å². The Morgan fingerprint density at radius 2 is 1.96 bits per heavy atom. The minimum atomic E-state index is -3.06. The van der Waals surface area contributed by atoms with Crippen LogP contribution in [0.3, 0.4) is 0 Å². The van der Waals surface area contributed by atoms with Crippen molar-refractivity contribution in [2.24, 2.45) is 11.3 Å². The van der Waals surface area contributed by atoms with E-state index in [0.29, 0.717) is 35.2 Å². The van der Waals surface area contributed by atoms with Crippen LogP contribution in [0, 0.1) is 11.3 Å². The van der Waals surface area contributed by atoms with Crippen molar-refractivity contribution < 1.29 is 37.5 Å². The number of carbonyl (C=O) groups is 5. The molecule has 1 unspecified atom stereocenters. The quantitative estimate of drug-likeness (QED) is 0.289. The summed E-state index contributed by atoms with van der Waals surface area (Å²) in [5.41, 5.74) is -0.369. The van der Waals surface area contributed by atoms with Crippen LogP contribution in [0.15, 0.2) is 48.7 Å². The van der Waals surface area contributed by atoms with Gasteiger partial charge < -0.3 is 25.3 Å². The van der Waals surface area contributed by atoms with Crippen molar-refractivity contribution in [2.45, 2.75) is 69.5 Å². The zero-order valence-electron chi connectivity index (χ0n) is 25.3. The molecule has 0 bridgehead atoms. The van der Waals surface area contributed by atoms with Crippen molar-refractivity contribution in [1.82, 2.24) is 25.5 Å². The smallest absolute Gasteiger partial charge is 0.289 e. The Bertz CT molecular complexity index is 1690.